The molecule has 1 atom stereocenters. The van der Waals surface area contributed by atoms with Crippen molar-refractivity contribution in [2.24, 2.45) is 5.92 Å². The van der Waals surface area contributed by atoms with Crippen LogP contribution in [0.4, 0.5) is 5.69 Å². The minimum Gasteiger partial charge on any atom is -0.497 e. The summed E-state index contributed by atoms with van der Waals surface area (Å²) in [6.45, 7) is 7.67. The van der Waals surface area contributed by atoms with Gasteiger partial charge in [0.1, 0.15) is 18.0 Å². The highest BCUT2D eigenvalue weighted by molar-refractivity contribution is 7.92. The van der Waals surface area contributed by atoms with Gasteiger partial charge in [0.25, 0.3) is 0 Å². The van der Waals surface area contributed by atoms with Gasteiger partial charge in [0.15, 0.2) is 0 Å². The summed E-state index contributed by atoms with van der Waals surface area (Å²) >= 11 is 0. The van der Waals surface area contributed by atoms with E-state index in [0.29, 0.717) is 17.4 Å². The molecule has 0 radical (unpaired) electrons. The Morgan fingerprint density at radius 1 is 0.969 bits per heavy atom. The molecule has 0 aliphatic heterocycles. The molecule has 2 rings (SSSR count). The fourth-order valence-electron chi connectivity index (χ4n) is 3.32. The number of carbonyl (C=O) groups is 1. The molecule has 0 bridgehead atoms. The first-order chi connectivity index (χ1) is 15.0. The van der Waals surface area contributed by atoms with E-state index in [4.69, 9.17) is 9.47 Å². The number of hydrogen-bond donors (Lipinski definition) is 1. The summed E-state index contributed by atoms with van der Waals surface area (Å²) in [4.78, 5) is 12.9. The molecule has 8 heteroatoms. The van der Waals surface area contributed by atoms with E-state index in [-0.39, 0.29) is 24.6 Å². The van der Waals surface area contributed by atoms with Crippen LogP contribution in [0.2, 0.25) is 0 Å². The second kappa shape index (κ2) is 11.2. The van der Waals surface area contributed by atoms with Gasteiger partial charge in [-0.15, -0.1) is 0 Å². The molecule has 1 amide bonds. The standard InChI is InChI=1S/C24H34N2O5S/c1-17(2)15-23(19-7-11-21(30-5)12-8-19)25-24(27)16-26(32(6,28)29)20-9-13-22(14-10-20)31-18(3)4/h7-14,17-18,23H,15-16H2,1-6H3,(H,25,27). The summed E-state index contributed by atoms with van der Waals surface area (Å²) in [7, 11) is -2.07. The van der Waals surface area contributed by atoms with E-state index < -0.39 is 10.0 Å². The molecule has 1 unspecified atom stereocenters. The Morgan fingerprint density at radius 2 is 1.53 bits per heavy atom. The van der Waals surface area contributed by atoms with Gasteiger partial charge in [-0.1, -0.05) is 26.0 Å². The van der Waals surface area contributed by atoms with Crippen molar-refractivity contribution < 1.29 is 22.7 Å². The molecule has 0 saturated carbocycles. The molecule has 0 heterocycles. The average Bonchev–Trinajstić information content (AvgIpc) is 2.71. The van der Waals surface area contributed by atoms with E-state index in [1.165, 1.54) is 0 Å². The van der Waals surface area contributed by atoms with Crippen molar-refractivity contribution in [3.8, 4) is 11.5 Å². The third kappa shape index (κ3) is 7.75. The van der Waals surface area contributed by atoms with Gasteiger partial charge in [0.05, 0.1) is 31.2 Å². The molecule has 176 valence electrons. The first-order valence-corrected chi connectivity index (χ1v) is 12.5. The van der Waals surface area contributed by atoms with Crippen LogP contribution in [0, 0.1) is 5.92 Å². The van der Waals surface area contributed by atoms with E-state index in [1.807, 2.05) is 38.1 Å². The summed E-state index contributed by atoms with van der Waals surface area (Å²) in [6.07, 6.45) is 1.82. The fourth-order valence-corrected chi connectivity index (χ4v) is 4.18. The van der Waals surface area contributed by atoms with Gasteiger partial charge in [-0.2, -0.15) is 0 Å². The molecule has 2 aromatic rings. The number of nitrogens with one attached hydrogen (secondary N) is 1. The minimum atomic E-state index is -3.67. The van der Waals surface area contributed by atoms with E-state index in [9.17, 15) is 13.2 Å². The van der Waals surface area contributed by atoms with Crippen LogP contribution in [0.1, 0.15) is 45.7 Å². The quantitative estimate of drug-likeness (QED) is 0.542. The molecule has 0 aliphatic carbocycles. The predicted octanol–water partition coefficient (Wildman–Crippen LogP) is 4.15. The van der Waals surface area contributed by atoms with Gasteiger partial charge in [-0.25, -0.2) is 8.42 Å². The van der Waals surface area contributed by atoms with E-state index in [1.54, 1.807) is 31.4 Å². The number of ether oxygens (including phenoxy) is 2. The molecule has 0 spiro atoms. The Morgan fingerprint density at radius 3 is 2.00 bits per heavy atom. The third-order valence-electron chi connectivity index (χ3n) is 4.74. The van der Waals surface area contributed by atoms with E-state index >= 15 is 0 Å². The van der Waals surface area contributed by atoms with Crippen molar-refractivity contribution >= 4 is 21.6 Å². The molecule has 32 heavy (non-hydrogen) atoms. The Bertz CT molecular complexity index is 970. The molecule has 1 N–H and O–H groups in total. The predicted molar refractivity (Wildman–Crippen MR) is 128 cm³/mol. The maximum Gasteiger partial charge on any atom is 0.241 e. The highest BCUT2D eigenvalue weighted by Gasteiger charge is 2.23. The first kappa shape index (κ1) is 25.5. The highest BCUT2D eigenvalue weighted by atomic mass is 32.2. The smallest absolute Gasteiger partial charge is 0.241 e. The van der Waals surface area contributed by atoms with Crippen LogP contribution >= 0.6 is 0 Å². The van der Waals surface area contributed by atoms with Crippen molar-refractivity contribution in [3.05, 3.63) is 54.1 Å². The number of rotatable bonds is 11. The molecular formula is C24H34N2O5S. The second-order valence-electron chi connectivity index (χ2n) is 8.45. The molecule has 0 fully saturated rings. The van der Waals surface area contributed by atoms with Gasteiger partial charge in [0.2, 0.25) is 15.9 Å². The lowest BCUT2D eigenvalue weighted by Gasteiger charge is -2.25. The summed E-state index contributed by atoms with van der Waals surface area (Å²) in [5.74, 6) is 1.33. The van der Waals surface area contributed by atoms with Gasteiger partial charge in [0, 0.05) is 0 Å². The summed E-state index contributed by atoms with van der Waals surface area (Å²) in [6, 6.07) is 14.0. The topological polar surface area (TPSA) is 84.9 Å². The Kier molecular flexibility index (Phi) is 8.95. The van der Waals surface area contributed by atoms with Crippen molar-refractivity contribution in [3.63, 3.8) is 0 Å². The highest BCUT2D eigenvalue weighted by Crippen LogP contribution is 2.25. The number of amides is 1. The van der Waals surface area contributed by atoms with Gasteiger partial charge in [-0.3, -0.25) is 9.10 Å². The SMILES string of the molecule is COc1ccc(C(CC(C)C)NC(=O)CN(c2ccc(OC(C)C)cc2)S(C)(=O)=O)cc1. The van der Waals surface area contributed by atoms with Crippen molar-refractivity contribution in [2.45, 2.75) is 46.3 Å². The van der Waals surface area contributed by atoms with Crippen LogP contribution in [0.15, 0.2) is 48.5 Å². The number of sulfonamides is 1. The summed E-state index contributed by atoms with van der Waals surface area (Å²) < 4.78 is 36.8. The Balaban J connectivity index is 2.20. The zero-order chi connectivity index (χ0) is 23.9. The number of anilines is 1. The van der Waals surface area contributed by atoms with Gasteiger partial charge >= 0.3 is 0 Å². The minimum absolute atomic E-state index is 0.00786. The zero-order valence-corrected chi connectivity index (χ0v) is 20.5. The van der Waals surface area contributed by atoms with Gasteiger partial charge < -0.3 is 14.8 Å². The normalized spacial score (nSPS) is 12.5. The van der Waals surface area contributed by atoms with Crippen molar-refractivity contribution in [1.29, 1.82) is 0 Å². The summed E-state index contributed by atoms with van der Waals surface area (Å²) in [5, 5.41) is 3.00. The zero-order valence-electron chi connectivity index (χ0n) is 19.7. The average molecular weight is 463 g/mol. The lowest BCUT2D eigenvalue weighted by molar-refractivity contribution is -0.120. The number of hydrogen-bond acceptors (Lipinski definition) is 5. The van der Waals surface area contributed by atoms with Crippen LogP contribution < -0.4 is 19.1 Å². The summed E-state index contributed by atoms with van der Waals surface area (Å²) in [5.41, 5.74) is 1.34. The first-order valence-electron chi connectivity index (χ1n) is 10.7. The lowest BCUT2D eigenvalue weighted by atomic mass is 9.97. The number of carbonyl (C=O) groups excluding carboxylic acids is 1. The third-order valence-corrected chi connectivity index (χ3v) is 5.89. The number of benzene rings is 2. The van der Waals surface area contributed by atoms with Crippen LogP contribution in [-0.2, 0) is 14.8 Å². The van der Waals surface area contributed by atoms with Crippen LogP contribution in [0.25, 0.3) is 0 Å². The molecule has 2 aromatic carbocycles. The van der Waals surface area contributed by atoms with E-state index in [2.05, 4.69) is 19.2 Å². The molecule has 7 nitrogen and oxygen atoms in total. The van der Waals surface area contributed by atoms with Crippen LogP contribution in [0.5, 0.6) is 11.5 Å². The monoisotopic (exact) mass is 462 g/mol. The Hall–Kier alpha value is -2.74. The lowest BCUT2D eigenvalue weighted by Crippen LogP contribution is -2.41. The number of nitrogens with zero attached hydrogens (tertiary/aromatic N) is 1. The van der Waals surface area contributed by atoms with Crippen LogP contribution in [-0.4, -0.2) is 40.3 Å². The van der Waals surface area contributed by atoms with Crippen LogP contribution in [0.3, 0.4) is 0 Å². The van der Waals surface area contributed by atoms with Crippen molar-refractivity contribution in [1.82, 2.24) is 5.32 Å². The molecule has 0 aromatic heterocycles. The second-order valence-corrected chi connectivity index (χ2v) is 10.4. The van der Waals surface area contributed by atoms with Gasteiger partial charge in [-0.05, 0) is 68.1 Å². The molecular weight excluding hydrogens is 428 g/mol. The number of methoxy groups -OCH3 is 1. The maximum atomic E-state index is 12.9. The Labute approximate surface area is 191 Å². The molecule has 0 aliphatic rings. The van der Waals surface area contributed by atoms with Crippen molar-refractivity contribution in [2.75, 3.05) is 24.2 Å². The largest absolute Gasteiger partial charge is 0.497 e. The molecule has 0 saturated heterocycles. The van der Waals surface area contributed by atoms with E-state index in [0.717, 1.165) is 28.3 Å². The maximum absolute atomic E-state index is 12.9. The fraction of sp³-hybridized carbons (Fsp3) is 0.458.